The molecule has 1 amide bonds. The fraction of sp³-hybridized carbons (Fsp3) is 0.467. The summed E-state index contributed by atoms with van der Waals surface area (Å²) in [5.74, 6) is 0.368. The number of nitrogens with two attached hydrogens (primary N) is 1. The van der Waals surface area contributed by atoms with Gasteiger partial charge in [-0.2, -0.15) is 0 Å². The standard InChI is InChI=1S/C15H21FN4O.2ClH/c1-3-4-11(17)15(21)18-8-7-14-19-12-9-10(16)5-6-13(12)20(14)2;;/h5-6,9,11H,3-4,7-8,17H2,1-2H3,(H,18,21);2*1H. The highest BCUT2D eigenvalue weighted by Gasteiger charge is 2.12. The molecule has 0 saturated heterocycles. The minimum atomic E-state index is -0.454. The largest absolute Gasteiger partial charge is 0.354 e. The molecule has 0 radical (unpaired) electrons. The summed E-state index contributed by atoms with van der Waals surface area (Å²) >= 11 is 0. The summed E-state index contributed by atoms with van der Waals surface area (Å²) in [6, 6.07) is 4.08. The van der Waals surface area contributed by atoms with Crippen LogP contribution in [0.2, 0.25) is 0 Å². The van der Waals surface area contributed by atoms with Crippen LogP contribution in [-0.4, -0.2) is 28.0 Å². The Morgan fingerprint density at radius 2 is 2.13 bits per heavy atom. The van der Waals surface area contributed by atoms with Crippen LogP contribution in [0.5, 0.6) is 0 Å². The Hall–Kier alpha value is -1.37. The van der Waals surface area contributed by atoms with E-state index in [0.717, 1.165) is 17.8 Å². The van der Waals surface area contributed by atoms with Gasteiger partial charge in [-0.25, -0.2) is 9.37 Å². The van der Waals surface area contributed by atoms with E-state index < -0.39 is 6.04 Å². The molecule has 0 spiro atoms. The number of halogens is 3. The second kappa shape index (κ2) is 9.70. The van der Waals surface area contributed by atoms with Gasteiger partial charge in [0.25, 0.3) is 0 Å². The van der Waals surface area contributed by atoms with Crippen molar-refractivity contribution >= 4 is 41.8 Å². The maximum absolute atomic E-state index is 13.2. The SMILES string of the molecule is CCCC(N)C(=O)NCCc1nc2cc(F)ccc2n1C.Cl.Cl. The fourth-order valence-electron chi connectivity index (χ4n) is 2.32. The van der Waals surface area contributed by atoms with Gasteiger partial charge in [0.15, 0.2) is 0 Å². The maximum Gasteiger partial charge on any atom is 0.236 e. The first-order valence-electron chi connectivity index (χ1n) is 7.17. The van der Waals surface area contributed by atoms with E-state index in [1.807, 2.05) is 18.5 Å². The number of benzene rings is 1. The van der Waals surface area contributed by atoms with Crippen LogP contribution in [-0.2, 0) is 18.3 Å². The fourth-order valence-corrected chi connectivity index (χ4v) is 2.32. The molecule has 0 aliphatic rings. The highest BCUT2D eigenvalue weighted by atomic mass is 35.5. The van der Waals surface area contributed by atoms with Crippen molar-refractivity contribution < 1.29 is 9.18 Å². The number of aromatic nitrogens is 2. The van der Waals surface area contributed by atoms with Crippen LogP contribution in [0.1, 0.15) is 25.6 Å². The first-order chi connectivity index (χ1) is 10.0. The van der Waals surface area contributed by atoms with E-state index in [1.54, 1.807) is 6.07 Å². The van der Waals surface area contributed by atoms with Crippen molar-refractivity contribution in [2.45, 2.75) is 32.2 Å². The van der Waals surface area contributed by atoms with Crippen LogP contribution in [0.4, 0.5) is 4.39 Å². The lowest BCUT2D eigenvalue weighted by molar-refractivity contribution is -0.122. The first kappa shape index (κ1) is 21.6. The number of carbonyl (C=O) groups excluding carboxylic acids is 1. The number of imidazole rings is 1. The Labute approximate surface area is 147 Å². The Bertz CT molecular complexity index is 648. The van der Waals surface area contributed by atoms with Crippen molar-refractivity contribution in [3.8, 4) is 0 Å². The van der Waals surface area contributed by atoms with Crippen molar-refractivity contribution in [3.05, 3.63) is 29.8 Å². The van der Waals surface area contributed by atoms with E-state index in [9.17, 15) is 9.18 Å². The molecule has 0 bridgehead atoms. The summed E-state index contributed by atoms with van der Waals surface area (Å²) in [5.41, 5.74) is 7.24. The minimum absolute atomic E-state index is 0. The average molecular weight is 365 g/mol. The number of aryl methyl sites for hydroxylation is 1. The van der Waals surface area contributed by atoms with Gasteiger partial charge in [-0.05, 0) is 18.6 Å². The number of rotatable bonds is 6. The van der Waals surface area contributed by atoms with Crippen LogP contribution in [0, 0.1) is 5.82 Å². The van der Waals surface area contributed by atoms with Crippen LogP contribution in [0.15, 0.2) is 18.2 Å². The summed E-state index contributed by atoms with van der Waals surface area (Å²) < 4.78 is 15.1. The lowest BCUT2D eigenvalue weighted by Gasteiger charge is -2.10. The normalized spacial score (nSPS) is 11.5. The third-order valence-corrected chi connectivity index (χ3v) is 3.52. The topological polar surface area (TPSA) is 72.9 Å². The molecule has 1 aromatic carbocycles. The molecule has 1 heterocycles. The third-order valence-electron chi connectivity index (χ3n) is 3.52. The first-order valence-corrected chi connectivity index (χ1v) is 7.17. The summed E-state index contributed by atoms with van der Waals surface area (Å²) in [7, 11) is 1.88. The zero-order valence-electron chi connectivity index (χ0n) is 13.2. The molecule has 0 aliphatic heterocycles. The zero-order chi connectivity index (χ0) is 15.4. The van der Waals surface area contributed by atoms with Crippen molar-refractivity contribution in [1.82, 2.24) is 14.9 Å². The molecular weight excluding hydrogens is 342 g/mol. The molecule has 2 rings (SSSR count). The highest BCUT2D eigenvalue weighted by molar-refractivity contribution is 5.85. The number of amides is 1. The lowest BCUT2D eigenvalue weighted by atomic mass is 10.1. The highest BCUT2D eigenvalue weighted by Crippen LogP contribution is 2.16. The van der Waals surface area contributed by atoms with Crippen LogP contribution >= 0.6 is 24.8 Å². The van der Waals surface area contributed by atoms with E-state index in [1.165, 1.54) is 12.1 Å². The number of fused-ring (bicyclic) bond motifs is 1. The van der Waals surface area contributed by atoms with Gasteiger partial charge in [0.1, 0.15) is 11.6 Å². The Balaban J connectivity index is 0.00000242. The third kappa shape index (κ3) is 5.34. The molecule has 1 unspecified atom stereocenters. The van der Waals surface area contributed by atoms with Gasteiger partial charge >= 0.3 is 0 Å². The monoisotopic (exact) mass is 364 g/mol. The van der Waals surface area contributed by atoms with E-state index in [0.29, 0.717) is 24.9 Å². The molecule has 8 heteroatoms. The van der Waals surface area contributed by atoms with Crippen molar-refractivity contribution in [1.29, 1.82) is 0 Å². The quantitative estimate of drug-likeness (QED) is 0.825. The molecule has 5 nitrogen and oxygen atoms in total. The summed E-state index contributed by atoms with van der Waals surface area (Å²) in [6.07, 6.45) is 2.14. The van der Waals surface area contributed by atoms with Gasteiger partial charge in [-0.3, -0.25) is 4.79 Å². The lowest BCUT2D eigenvalue weighted by Crippen LogP contribution is -2.41. The molecule has 0 aliphatic carbocycles. The number of carbonyl (C=O) groups is 1. The van der Waals surface area contributed by atoms with E-state index in [2.05, 4.69) is 10.3 Å². The Morgan fingerprint density at radius 3 is 2.78 bits per heavy atom. The Kier molecular flexibility index (Phi) is 9.12. The van der Waals surface area contributed by atoms with E-state index in [4.69, 9.17) is 5.73 Å². The molecule has 3 N–H and O–H groups in total. The molecule has 1 aromatic heterocycles. The molecule has 2 aromatic rings. The van der Waals surface area contributed by atoms with Gasteiger partial charge < -0.3 is 15.6 Å². The van der Waals surface area contributed by atoms with E-state index >= 15 is 0 Å². The van der Waals surface area contributed by atoms with Crippen molar-refractivity contribution in [3.63, 3.8) is 0 Å². The van der Waals surface area contributed by atoms with Crippen molar-refractivity contribution in [2.75, 3.05) is 6.54 Å². The summed E-state index contributed by atoms with van der Waals surface area (Å²) in [6.45, 7) is 2.46. The number of hydrogen-bond donors (Lipinski definition) is 2. The molecule has 23 heavy (non-hydrogen) atoms. The van der Waals surface area contributed by atoms with Gasteiger partial charge in [0.2, 0.25) is 5.91 Å². The van der Waals surface area contributed by atoms with Crippen molar-refractivity contribution in [2.24, 2.45) is 12.8 Å². The molecule has 130 valence electrons. The summed E-state index contributed by atoms with van der Waals surface area (Å²) in [4.78, 5) is 16.1. The predicted octanol–water partition coefficient (Wildman–Crippen LogP) is 2.34. The maximum atomic E-state index is 13.2. The second-order valence-electron chi connectivity index (χ2n) is 5.16. The average Bonchev–Trinajstić information content (AvgIpc) is 2.75. The van der Waals surface area contributed by atoms with Gasteiger partial charge in [-0.1, -0.05) is 13.3 Å². The van der Waals surface area contributed by atoms with Gasteiger partial charge in [0.05, 0.1) is 17.1 Å². The Morgan fingerprint density at radius 1 is 1.43 bits per heavy atom. The summed E-state index contributed by atoms with van der Waals surface area (Å²) in [5, 5.41) is 2.81. The van der Waals surface area contributed by atoms with Crippen LogP contribution in [0.3, 0.4) is 0 Å². The molecule has 1 atom stereocenters. The van der Waals surface area contributed by atoms with Gasteiger partial charge in [0, 0.05) is 26.1 Å². The number of nitrogens with one attached hydrogen (secondary N) is 1. The number of nitrogens with zero attached hydrogens (tertiary/aromatic N) is 2. The molecule has 0 saturated carbocycles. The number of hydrogen-bond acceptors (Lipinski definition) is 3. The predicted molar refractivity (Wildman–Crippen MR) is 94.8 cm³/mol. The van der Waals surface area contributed by atoms with Gasteiger partial charge in [-0.15, -0.1) is 24.8 Å². The second-order valence-corrected chi connectivity index (χ2v) is 5.16. The molecule has 0 fully saturated rings. The van der Waals surface area contributed by atoms with E-state index in [-0.39, 0.29) is 36.5 Å². The van der Waals surface area contributed by atoms with Crippen LogP contribution in [0.25, 0.3) is 11.0 Å². The smallest absolute Gasteiger partial charge is 0.236 e. The zero-order valence-corrected chi connectivity index (χ0v) is 14.8. The van der Waals surface area contributed by atoms with Crippen LogP contribution < -0.4 is 11.1 Å². The minimum Gasteiger partial charge on any atom is -0.354 e. The molecular formula is C15H23Cl2FN4O.